The molecule has 1 heterocycles. The van der Waals surface area contributed by atoms with Gasteiger partial charge in [0.1, 0.15) is 0 Å². The molecule has 3 atom stereocenters. The second kappa shape index (κ2) is 6.02. The van der Waals surface area contributed by atoms with Crippen LogP contribution in [0.25, 0.3) is 10.8 Å². The largest absolute Gasteiger partial charge is 0.378 e. The minimum Gasteiger partial charge on any atom is -0.378 e. The predicted molar refractivity (Wildman–Crippen MR) is 111 cm³/mol. The van der Waals surface area contributed by atoms with Crippen LogP contribution in [0.3, 0.4) is 0 Å². The van der Waals surface area contributed by atoms with Crippen molar-refractivity contribution in [3.63, 3.8) is 0 Å². The summed E-state index contributed by atoms with van der Waals surface area (Å²) in [6.07, 6.45) is 5.97. The van der Waals surface area contributed by atoms with E-state index in [0.29, 0.717) is 23.8 Å². The molecule has 1 heteroatoms. The van der Waals surface area contributed by atoms with Crippen molar-refractivity contribution >= 4 is 16.5 Å². The number of benzene rings is 3. The monoisotopic (exact) mass is 339 g/mol. The fourth-order valence-corrected chi connectivity index (χ4v) is 4.80. The smallest absolute Gasteiger partial charge is 0.0560 e. The van der Waals surface area contributed by atoms with Gasteiger partial charge in [0, 0.05) is 11.6 Å². The van der Waals surface area contributed by atoms with Crippen LogP contribution in [0.5, 0.6) is 0 Å². The highest BCUT2D eigenvalue weighted by Crippen LogP contribution is 2.51. The number of hydrogen-bond donors (Lipinski definition) is 1. The molecule has 3 aromatic rings. The van der Waals surface area contributed by atoms with E-state index < -0.39 is 0 Å². The van der Waals surface area contributed by atoms with Gasteiger partial charge in [-0.3, -0.25) is 0 Å². The lowest BCUT2D eigenvalue weighted by Crippen LogP contribution is -2.29. The molecule has 0 spiro atoms. The number of fused-ring (bicyclic) bond motifs is 4. The normalized spacial score (nSPS) is 23.7. The zero-order valence-electron chi connectivity index (χ0n) is 15.4. The van der Waals surface area contributed by atoms with Crippen molar-refractivity contribution in [2.24, 2.45) is 5.92 Å². The highest BCUT2D eigenvalue weighted by Gasteiger charge is 2.38. The van der Waals surface area contributed by atoms with Crippen molar-refractivity contribution in [1.82, 2.24) is 0 Å². The maximum absolute atomic E-state index is 3.90. The van der Waals surface area contributed by atoms with Crippen LogP contribution >= 0.6 is 0 Å². The minimum absolute atomic E-state index is 0.360. The Morgan fingerprint density at radius 3 is 2.65 bits per heavy atom. The van der Waals surface area contributed by atoms with Crippen LogP contribution in [0.2, 0.25) is 0 Å². The molecule has 1 nitrogen and oxygen atoms in total. The topological polar surface area (TPSA) is 12.0 Å². The van der Waals surface area contributed by atoms with Gasteiger partial charge in [-0.25, -0.2) is 0 Å². The van der Waals surface area contributed by atoms with E-state index in [9.17, 15) is 0 Å². The van der Waals surface area contributed by atoms with Gasteiger partial charge >= 0.3 is 0 Å². The van der Waals surface area contributed by atoms with Gasteiger partial charge in [-0.05, 0) is 51.8 Å². The molecule has 0 amide bonds. The van der Waals surface area contributed by atoms with E-state index in [1.807, 2.05) is 0 Å². The fourth-order valence-electron chi connectivity index (χ4n) is 4.80. The summed E-state index contributed by atoms with van der Waals surface area (Å²) >= 11 is 0. The van der Waals surface area contributed by atoms with Gasteiger partial charge in [-0.1, -0.05) is 80.6 Å². The molecule has 130 valence electrons. The Bertz CT molecular complexity index is 993. The van der Waals surface area contributed by atoms with E-state index in [2.05, 4.69) is 92.0 Å². The third kappa shape index (κ3) is 2.38. The number of rotatable bonds is 2. The first-order valence-corrected chi connectivity index (χ1v) is 9.77. The summed E-state index contributed by atoms with van der Waals surface area (Å²) in [4.78, 5) is 0. The molecular formula is C25H25N. The lowest BCUT2D eigenvalue weighted by atomic mass is 9.75. The van der Waals surface area contributed by atoms with E-state index in [-0.39, 0.29) is 0 Å². The van der Waals surface area contributed by atoms with Gasteiger partial charge in [0.15, 0.2) is 0 Å². The molecule has 0 fully saturated rings. The standard InChI is InChI=1S/C25H25N/c1-16(2)18-13-14-24-23(15-18)20-10-6-12-22(20)25(26-24)21-11-5-8-17-7-3-4-9-19(17)21/h3-11,13-16,20,22,25-26H,12H2,1-2H3/t20-,22+,25+/m1/s1. The molecule has 0 bridgehead atoms. The highest BCUT2D eigenvalue weighted by atomic mass is 15.0. The Labute approximate surface area is 155 Å². The van der Waals surface area contributed by atoms with Gasteiger partial charge in [0.2, 0.25) is 0 Å². The van der Waals surface area contributed by atoms with Gasteiger partial charge in [-0.15, -0.1) is 0 Å². The van der Waals surface area contributed by atoms with Crippen LogP contribution < -0.4 is 5.32 Å². The molecule has 0 aromatic heterocycles. The lowest BCUT2D eigenvalue weighted by molar-refractivity contribution is 0.427. The molecule has 2 aliphatic rings. The molecule has 0 unspecified atom stereocenters. The zero-order chi connectivity index (χ0) is 17.7. The molecule has 1 aliphatic carbocycles. The molecule has 5 rings (SSSR count). The highest BCUT2D eigenvalue weighted by molar-refractivity contribution is 5.86. The average Bonchev–Trinajstić information content (AvgIpc) is 3.16. The minimum atomic E-state index is 0.360. The van der Waals surface area contributed by atoms with Gasteiger partial charge in [0.25, 0.3) is 0 Å². The van der Waals surface area contributed by atoms with Crippen LogP contribution in [-0.4, -0.2) is 0 Å². The van der Waals surface area contributed by atoms with E-state index in [1.54, 1.807) is 0 Å². The number of hydrogen-bond acceptors (Lipinski definition) is 1. The first-order valence-electron chi connectivity index (χ1n) is 9.77. The maximum atomic E-state index is 3.90. The average molecular weight is 339 g/mol. The Balaban J connectivity index is 1.64. The Morgan fingerprint density at radius 1 is 0.923 bits per heavy atom. The van der Waals surface area contributed by atoms with E-state index >= 15 is 0 Å². The summed E-state index contributed by atoms with van der Waals surface area (Å²) in [5, 5.41) is 6.61. The van der Waals surface area contributed by atoms with Crippen LogP contribution in [0.15, 0.2) is 72.8 Å². The van der Waals surface area contributed by atoms with Crippen molar-refractivity contribution < 1.29 is 0 Å². The van der Waals surface area contributed by atoms with Crippen LogP contribution in [0, 0.1) is 5.92 Å². The summed E-state index contributed by atoms with van der Waals surface area (Å²) in [6.45, 7) is 4.55. The van der Waals surface area contributed by atoms with Gasteiger partial charge in [-0.2, -0.15) is 0 Å². The Morgan fingerprint density at radius 2 is 1.77 bits per heavy atom. The SMILES string of the molecule is CC(C)c1ccc2c(c1)[C@@H]1C=CC[C@@H]1[C@H](c1cccc3ccccc13)N2. The summed E-state index contributed by atoms with van der Waals surface area (Å²) in [7, 11) is 0. The van der Waals surface area contributed by atoms with E-state index in [4.69, 9.17) is 0 Å². The first-order chi connectivity index (χ1) is 12.7. The third-order valence-electron chi connectivity index (χ3n) is 6.21. The maximum Gasteiger partial charge on any atom is 0.0560 e. The third-order valence-corrected chi connectivity index (χ3v) is 6.21. The molecule has 0 saturated heterocycles. The second-order valence-corrected chi connectivity index (χ2v) is 8.05. The zero-order valence-corrected chi connectivity index (χ0v) is 15.4. The van der Waals surface area contributed by atoms with E-state index in [1.165, 1.54) is 33.2 Å². The predicted octanol–water partition coefficient (Wildman–Crippen LogP) is 6.79. The lowest BCUT2D eigenvalue weighted by Gasteiger charge is -2.38. The van der Waals surface area contributed by atoms with Crippen molar-refractivity contribution in [2.75, 3.05) is 5.32 Å². The number of nitrogens with one attached hydrogen (secondary N) is 1. The molecule has 0 radical (unpaired) electrons. The fraction of sp³-hybridized carbons (Fsp3) is 0.280. The molecule has 3 aromatic carbocycles. The van der Waals surface area contributed by atoms with Crippen molar-refractivity contribution in [1.29, 1.82) is 0 Å². The molecule has 0 saturated carbocycles. The first kappa shape index (κ1) is 15.7. The number of allylic oxidation sites excluding steroid dienone is 2. The molecule has 26 heavy (non-hydrogen) atoms. The van der Waals surface area contributed by atoms with Crippen LogP contribution in [0.1, 0.15) is 54.8 Å². The summed E-state index contributed by atoms with van der Waals surface area (Å²) in [5.74, 6) is 1.68. The van der Waals surface area contributed by atoms with E-state index in [0.717, 1.165) is 6.42 Å². The summed E-state index contributed by atoms with van der Waals surface area (Å²) in [5.41, 5.74) is 5.65. The van der Waals surface area contributed by atoms with Gasteiger partial charge in [0.05, 0.1) is 6.04 Å². The Hall–Kier alpha value is -2.54. The molecular weight excluding hydrogens is 314 g/mol. The van der Waals surface area contributed by atoms with Crippen molar-refractivity contribution in [3.05, 3.63) is 89.5 Å². The van der Waals surface area contributed by atoms with Crippen LogP contribution in [0.4, 0.5) is 5.69 Å². The van der Waals surface area contributed by atoms with Crippen molar-refractivity contribution in [2.45, 2.75) is 38.1 Å². The second-order valence-electron chi connectivity index (χ2n) is 8.05. The Kier molecular flexibility index (Phi) is 3.63. The van der Waals surface area contributed by atoms with Gasteiger partial charge < -0.3 is 5.32 Å². The molecule has 1 N–H and O–H groups in total. The van der Waals surface area contributed by atoms with Crippen LogP contribution in [-0.2, 0) is 0 Å². The quantitative estimate of drug-likeness (QED) is 0.507. The summed E-state index contributed by atoms with van der Waals surface area (Å²) < 4.78 is 0. The number of anilines is 1. The van der Waals surface area contributed by atoms with Crippen molar-refractivity contribution in [3.8, 4) is 0 Å². The molecule has 1 aliphatic heterocycles. The summed E-state index contributed by atoms with van der Waals surface area (Å²) in [6, 6.07) is 22.9.